The van der Waals surface area contributed by atoms with Crippen molar-refractivity contribution in [3.8, 4) is 0 Å². The second kappa shape index (κ2) is 13.7. The molecule has 0 aromatic carbocycles. The zero-order valence-corrected chi connectivity index (χ0v) is 14.3. The maximum absolute atomic E-state index is 11.2. The van der Waals surface area contributed by atoms with Crippen molar-refractivity contribution in [1.82, 2.24) is 0 Å². The average Bonchev–Trinajstić information content (AvgIpc) is 2.44. The third kappa shape index (κ3) is 11.6. The molecule has 0 saturated heterocycles. The van der Waals surface area contributed by atoms with E-state index in [-0.39, 0.29) is 11.2 Å². The quantitative estimate of drug-likeness (QED) is 0.311. The van der Waals surface area contributed by atoms with Gasteiger partial charge in [0.25, 0.3) is 0 Å². The van der Waals surface area contributed by atoms with Gasteiger partial charge < -0.3 is 9.47 Å². The predicted molar refractivity (Wildman–Crippen MR) is 87.4 cm³/mol. The van der Waals surface area contributed by atoms with Crippen molar-refractivity contribution in [1.29, 1.82) is 0 Å². The van der Waals surface area contributed by atoms with Gasteiger partial charge in [0.1, 0.15) is 0 Å². The highest BCUT2D eigenvalue weighted by atomic mass is 32.1. The van der Waals surface area contributed by atoms with E-state index >= 15 is 0 Å². The number of hydrogen-bond donors (Lipinski definition) is 1. The van der Waals surface area contributed by atoms with Gasteiger partial charge in [-0.1, -0.05) is 45.4 Å². The summed E-state index contributed by atoms with van der Waals surface area (Å²) in [6, 6.07) is 0. The van der Waals surface area contributed by atoms with Crippen molar-refractivity contribution in [2.45, 2.75) is 83.0 Å². The number of ether oxygens (including phenoxy) is 2. The van der Waals surface area contributed by atoms with Gasteiger partial charge in [-0.2, -0.15) is 12.6 Å². The second-order valence-electron chi connectivity index (χ2n) is 5.40. The van der Waals surface area contributed by atoms with Gasteiger partial charge in [-0.15, -0.1) is 0 Å². The number of unbranched alkanes of at least 4 members (excludes halogenated alkanes) is 5. The Morgan fingerprint density at radius 1 is 1.05 bits per heavy atom. The van der Waals surface area contributed by atoms with Crippen LogP contribution in [-0.2, 0) is 14.3 Å². The molecule has 0 heterocycles. The Bertz CT molecular complexity index is 232. The van der Waals surface area contributed by atoms with Crippen LogP contribution < -0.4 is 0 Å². The molecular formula is C16H32O3S. The molecule has 0 N–H and O–H groups in total. The summed E-state index contributed by atoms with van der Waals surface area (Å²) >= 11 is 4.04. The number of thiol groups is 1. The zero-order valence-electron chi connectivity index (χ0n) is 13.4. The fraction of sp³-hybridized carbons (Fsp3) is 0.938. The summed E-state index contributed by atoms with van der Waals surface area (Å²) in [5.41, 5.74) is 0. The fourth-order valence-electron chi connectivity index (χ4n) is 2.14. The van der Waals surface area contributed by atoms with Crippen LogP contribution in [0.15, 0.2) is 0 Å². The molecule has 4 heteroatoms. The van der Waals surface area contributed by atoms with Gasteiger partial charge in [0, 0.05) is 7.11 Å². The lowest BCUT2D eigenvalue weighted by atomic mass is 10.0. The van der Waals surface area contributed by atoms with Crippen LogP contribution in [0.4, 0.5) is 0 Å². The Kier molecular flexibility index (Phi) is 13.6. The lowest BCUT2D eigenvalue weighted by Crippen LogP contribution is -2.17. The number of carbonyl (C=O) groups is 1. The van der Waals surface area contributed by atoms with Crippen molar-refractivity contribution in [2.24, 2.45) is 0 Å². The molecule has 0 aliphatic carbocycles. The standard InChI is InChI=1S/C16H32O3S/c1-4-5-6-7-8-9-11-15(18-3)12-10-13-19-16(17)14(2)20/h14-15,20H,4-13H2,1-3H3. The molecule has 0 aromatic heterocycles. The molecule has 0 aliphatic heterocycles. The molecule has 2 unspecified atom stereocenters. The molecule has 0 aliphatic rings. The Hall–Kier alpha value is -0.220. The summed E-state index contributed by atoms with van der Waals surface area (Å²) in [5, 5.41) is -0.337. The van der Waals surface area contributed by atoms with Gasteiger partial charge in [-0.05, 0) is 26.2 Å². The van der Waals surface area contributed by atoms with Gasteiger partial charge in [-0.25, -0.2) is 0 Å². The maximum Gasteiger partial charge on any atom is 0.318 e. The van der Waals surface area contributed by atoms with Gasteiger partial charge in [0.15, 0.2) is 0 Å². The molecule has 0 rings (SSSR count). The molecule has 3 nitrogen and oxygen atoms in total. The number of hydrogen-bond acceptors (Lipinski definition) is 4. The fourth-order valence-corrected chi connectivity index (χ4v) is 2.21. The van der Waals surface area contributed by atoms with Crippen molar-refractivity contribution in [3.63, 3.8) is 0 Å². The van der Waals surface area contributed by atoms with E-state index in [4.69, 9.17) is 9.47 Å². The summed E-state index contributed by atoms with van der Waals surface area (Å²) in [5.74, 6) is -0.238. The number of methoxy groups -OCH3 is 1. The summed E-state index contributed by atoms with van der Waals surface area (Å²) in [6.07, 6.45) is 11.1. The van der Waals surface area contributed by atoms with Crippen LogP contribution in [0, 0.1) is 0 Å². The summed E-state index contributed by atoms with van der Waals surface area (Å²) < 4.78 is 10.6. The smallest absolute Gasteiger partial charge is 0.318 e. The van der Waals surface area contributed by atoms with E-state index in [1.165, 1.54) is 38.5 Å². The maximum atomic E-state index is 11.2. The van der Waals surface area contributed by atoms with E-state index in [1.807, 2.05) is 0 Å². The van der Waals surface area contributed by atoms with E-state index in [2.05, 4.69) is 19.6 Å². The highest BCUT2D eigenvalue weighted by Crippen LogP contribution is 2.13. The highest BCUT2D eigenvalue weighted by Gasteiger charge is 2.10. The van der Waals surface area contributed by atoms with E-state index in [9.17, 15) is 4.79 Å². The zero-order chi connectivity index (χ0) is 15.2. The van der Waals surface area contributed by atoms with E-state index < -0.39 is 0 Å². The Morgan fingerprint density at radius 3 is 2.25 bits per heavy atom. The van der Waals surface area contributed by atoms with Gasteiger partial charge >= 0.3 is 5.97 Å². The third-order valence-corrected chi connectivity index (χ3v) is 3.68. The van der Waals surface area contributed by atoms with Gasteiger partial charge in [0.2, 0.25) is 0 Å². The minimum Gasteiger partial charge on any atom is -0.465 e. The van der Waals surface area contributed by atoms with Crippen LogP contribution in [0.1, 0.15) is 71.6 Å². The van der Waals surface area contributed by atoms with Crippen LogP contribution in [0.5, 0.6) is 0 Å². The second-order valence-corrected chi connectivity index (χ2v) is 6.17. The number of rotatable bonds is 13. The highest BCUT2D eigenvalue weighted by molar-refractivity contribution is 7.81. The minimum atomic E-state index is -0.337. The van der Waals surface area contributed by atoms with Gasteiger partial charge in [0.05, 0.1) is 18.0 Å². The van der Waals surface area contributed by atoms with E-state index in [0.717, 1.165) is 19.3 Å². The van der Waals surface area contributed by atoms with Crippen LogP contribution in [0.2, 0.25) is 0 Å². The topological polar surface area (TPSA) is 35.5 Å². The van der Waals surface area contributed by atoms with Gasteiger partial charge in [-0.3, -0.25) is 4.79 Å². The van der Waals surface area contributed by atoms with Crippen molar-refractivity contribution >= 4 is 18.6 Å². The third-order valence-electron chi connectivity index (χ3n) is 3.47. The molecule has 120 valence electrons. The molecule has 0 radical (unpaired) electrons. The number of esters is 1. The first-order valence-electron chi connectivity index (χ1n) is 7.99. The first kappa shape index (κ1) is 19.8. The first-order valence-corrected chi connectivity index (χ1v) is 8.51. The summed E-state index contributed by atoms with van der Waals surface area (Å²) in [4.78, 5) is 11.2. The average molecular weight is 304 g/mol. The van der Waals surface area contributed by atoms with Crippen LogP contribution in [-0.4, -0.2) is 31.0 Å². The van der Waals surface area contributed by atoms with Crippen LogP contribution >= 0.6 is 12.6 Å². The van der Waals surface area contributed by atoms with Crippen LogP contribution in [0.3, 0.4) is 0 Å². The van der Waals surface area contributed by atoms with E-state index in [0.29, 0.717) is 12.7 Å². The Labute approximate surface area is 130 Å². The lowest BCUT2D eigenvalue weighted by molar-refractivity contribution is -0.142. The largest absolute Gasteiger partial charge is 0.465 e. The Morgan fingerprint density at radius 2 is 1.65 bits per heavy atom. The Balaban J connectivity index is 3.49. The minimum absolute atomic E-state index is 0.238. The monoisotopic (exact) mass is 304 g/mol. The molecule has 0 spiro atoms. The van der Waals surface area contributed by atoms with Crippen molar-refractivity contribution < 1.29 is 14.3 Å². The summed E-state index contributed by atoms with van der Waals surface area (Å²) in [6.45, 7) is 4.43. The van der Waals surface area contributed by atoms with Crippen LogP contribution in [0.25, 0.3) is 0 Å². The molecule has 0 saturated carbocycles. The molecule has 0 amide bonds. The molecule has 0 bridgehead atoms. The molecule has 0 fully saturated rings. The first-order chi connectivity index (χ1) is 9.61. The van der Waals surface area contributed by atoms with E-state index in [1.54, 1.807) is 14.0 Å². The SMILES string of the molecule is CCCCCCCCC(CCCOC(=O)C(C)S)OC. The lowest BCUT2D eigenvalue weighted by Gasteiger charge is -2.15. The molecule has 0 aromatic rings. The molecular weight excluding hydrogens is 272 g/mol. The number of carbonyl (C=O) groups excluding carboxylic acids is 1. The normalized spacial score (nSPS) is 14.0. The van der Waals surface area contributed by atoms with Crippen molar-refractivity contribution in [3.05, 3.63) is 0 Å². The summed E-state index contributed by atoms with van der Waals surface area (Å²) in [7, 11) is 1.77. The molecule has 20 heavy (non-hydrogen) atoms. The van der Waals surface area contributed by atoms with Crippen molar-refractivity contribution in [2.75, 3.05) is 13.7 Å². The molecule has 2 atom stereocenters. The predicted octanol–water partition coefficient (Wildman–Crippen LogP) is 4.39.